The van der Waals surface area contributed by atoms with Gasteiger partial charge in [-0.25, -0.2) is 4.98 Å². The smallest absolute Gasteiger partial charge is 0.157 e. The molecule has 0 bridgehead atoms. The highest BCUT2D eigenvalue weighted by Crippen LogP contribution is 2.39. The number of rotatable bonds is 3. The summed E-state index contributed by atoms with van der Waals surface area (Å²) in [5.74, 6) is 0.628. The van der Waals surface area contributed by atoms with E-state index in [2.05, 4.69) is 15.0 Å². The van der Waals surface area contributed by atoms with Gasteiger partial charge < -0.3 is 25.3 Å². The first kappa shape index (κ1) is 15.4. The van der Waals surface area contributed by atoms with E-state index in [1.165, 1.54) is 11.8 Å². The van der Waals surface area contributed by atoms with Crippen LogP contribution in [0.2, 0.25) is 5.02 Å². The van der Waals surface area contributed by atoms with Crippen molar-refractivity contribution in [1.82, 2.24) is 15.0 Å². The number of fused-ring (bicyclic) bond motifs is 1. The van der Waals surface area contributed by atoms with E-state index < -0.39 is 17.6 Å². The van der Waals surface area contributed by atoms with Gasteiger partial charge in [-0.05, 0) is 6.07 Å². The van der Waals surface area contributed by atoms with Crippen molar-refractivity contribution in [3.05, 3.63) is 29.7 Å². The lowest BCUT2D eigenvalue weighted by Gasteiger charge is -2.48. The second-order valence-corrected chi connectivity index (χ2v) is 7.04. The second kappa shape index (κ2) is 6.04. The number of thioether (sulfide) groups is 1. The first-order chi connectivity index (χ1) is 11.1. The SMILES string of the molecule is NC1C(O)C(Sc2cc(Cl)cnc2-c2ncc[nH]2)OC2COC21. The molecule has 5 atom stereocenters. The first-order valence-corrected chi connectivity index (χ1v) is 8.42. The minimum Gasteiger partial charge on any atom is -0.388 e. The zero-order valence-electron chi connectivity index (χ0n) is 11.9. The molecule has 0 amide bonds. The van der Waals surface area contributed by atoms with Gasteiger partial charge in [-0.2, -0.15) is 0 Å². The van der Waals surface area contributed by atoms with E-state index in [9.17, 15) is 5.11 Å². The Morgan fingerprint density at radius 2 is 2.30 bits per heavy atom. The highest BCUT2D eigenvalue weighted by molar-refractivity contribution is 8.00. The summed E-state index contributed by atoms with van der Waals surface area (Å²) in [5, 5.41) is 10.9. The molecule has 7 nitrogen and oxygen atoms in total. The number of hydrogen-bond donors (Lipinski definition) is 3. The lowest BCUT2D eigenvalue weighted by molar-refractivity contribution is -0.251. The number of hydrogen-bond acceptors (Lipinski definition) is 7. The quantitative estimate of drug-likeness (QED) is 0.755. The molecule has 4 heterocycles. The van der Waals surface area contributed by atoms with E-state index in [4.69, 9.17) is 26.8 Å². The normalized spacial score (nSPS) is 33.1. The summed E-state index contributed by atoms with van der Waals surface area (Å²) in [6.45, 7) is 0.501. The van der Waals surface area contributed by atoms with Gasteiger partial charge >= 0.3 is 0 Å². The number of aliphatic hydroxyl groups is 1. The molecule has 0 aliphatic carbocycles. The van der Waals surface area contributed by atoms with Crippen LogP contribution in [0.4, 0.5) is 0 Å². The average molecular weight is 355 g/mol. The lowest BCUT2D eigenvalue weighted by Crippen LogP contribution is -2.67. The number of ether oxygens (including phenoxy) is 2. The fraction of sp³-hybridized carbons (Fsp3) is 0.429. The molecule has 9 heteroatoms. The summed E-state index contributed by atoms with van der Waals surface area (Å²) in [6, 6.07) is 1.31. The summed E-state index contributed by atoms with van der Waals surface area (Å²) in [7, 11) is 0. The van der Waals surface area contributed by atoms with E-state index in [-0.39, 0.29) is 12.2 Å². The highest BCUT2D eigenvalue weighted by atomic mass is 35.5. The monoisotopic (exact) mass is 354 g/mol. The summed E-state index contributed by atoms with van der Waals surface area (Å²) in [6.07, 6.45) is 3.78. The Bertz CT molecular complexity index is 701. The van der Waals surface area contributed by atoms with Gasteiger partial charge in [-0.15, -0.1) is 0 Å². The number of pyridine rings is 1. The number of nitrogens with zero attached hydrogens (tertiary/aromatic N) is 2. The minimum absolute atomic E-state index is 0.0786. The zero-order chi connectivity index (χ0) is 16.0. The molecule has 23 heavy (non-hydrogen) atoms. The maximum absolute atomic E-state index is 10.4. The van der Waals surface area contributed by atoms with E-state index in [0.717, 1.165) is 4.90 Å². The third kappa shape index (κ3) is 2.75. The van der Waals surface area contributed by atoms with Gasteiger partial charge in [0.25, 0.3) is 0 Å². The molecule has 2 aliphatic heterocycles. The minimum atomic E-state index is -0.843. The number of aliphatic hydroxyl groups excluding tert-OH is 1. The summed E-state index contributed by atoms with van der Waals surface area (Å²) in [4.78, 5) is 12.3. The number of halogens is 1. The predicted molar refractivity (Wildman–Crippen MR) is 85.1 cm³/mol. The highest BCUT2D eigenvalue weighted by Gasteiger charge is 2.49. The third-order valence-electron chi connectivity index (χ3n) is 3.97. The zero-order valence-corrected chi connectivity index (χ0v) is 13.5. The van der Waals surface area contributed by atoms with Crippen LogP contribution in [-0.4, -0.2) is 56.5 Å². The molecular weight excluding hydrogens is 340 g/mol. The number of aromatic nitrogens is 3. The number of nitrogens with two attached hydrogens (primary N) is 1. The van der Waals surface area contributed by atoms with Gasteiger partial charge in [-0.3, -0.25) is 4.98 Å². The Hall–Kier alpha value is -1.16. The van der Waals surface area contributed by atoms with E-state index in [1.807, 2.05) is 0 Å². The average Bonchev–Trinajstić information content (AvgIpc) is 3.02. The van der Waals surface area contributed by atoms with Crippen molar-refractivity contribution in [2.24, 2.45) is 5.73 Å². The molecule has 2 aromatic heterocycles. The Kier molecular flexibility index (Phi) is 4.04. The van der Waals surface area contributed by atoms with Crippen LogP contribution in [0.5, 0.6) is 0 Å². The summed E-state index contributed by atoms with van der Waals surface area (Å²) < 4.78 is 11.2. The fourth-order valence-corrected chi connectivity index (χ4v) is 4.14. The van der Waals surface area contributed by atoms with Crippen molar-refractivity contribution < 1.29 is 14.6 Å². The van der Waals surface area contributed by atoms with Gasteiger partial charge in [0, 0.05) is 23.5 Å². The predicted octanol–water partition coefficient (Wildman–Crippen LogP) is 1.03. The standard InChI is InChI=1S/C14H15ClN4O3S/c15-6-3-8(10(19-4-6)13-17-1-2-18-13)23-14-11(20)9(16)12-7(22-14)5-21-12/h1-4,7,9,11-12,14,20H,5,16H2,(H,17,18). The largest absolute Gasteiger partial charge is 0.388 e. The van der Waals surface area contributed by atoms with Gasteiger partial charge in [0.15, 0.2) is 5.82 Å². The number of imidazole rings is 1. The van der Waals surface area contributed by atoms with Crippen LogP contribution in [0.3, 0.4) is 0 Å². The summed E-state index contributed by atoms with van der Waals surface area (Å²) >= 11 is 7.41. The van der Waals surface area contributed by atoms with E-state index in [0.29, 0.717) is 23.1 Å². The Morgan fingerprint density at radius 1 is 1.43 bits per heavy atom. The molecule has 2 fully saturated rings. The number of H-pyrrole nitrogens is 1. The molecule has 2 saturated heterocycles. The second-order valence-electron chi connectivity index (χ2n) is 5.46. The number of nitrogens with one attached hydrogen (secondary N) is 1. The van der Waals surface area contributed by atoms with Crippen LogP contribution in [0.1, 0.15) is 0 Å². The van der Waals surface area contributed by atoms with Crippen molar-refractivity contribution in [1.29, 1.82) is 0 Å². The molecule has 4 rings (SSSR count). The Morgan fingerprint density at radius 3 is 3.00 bits per heavy atom. The maximum atomic E-state index is 10.4. The molecular formula is C14H15ClN4O3S. The van der Waals surface area contributed by atoms with Crippen LogP contribution >= 0.6 is 23.4 Å². The van der Waals surface area contributed by atoms with Crippen molar-refractivity contribution in [2.75, 3.05) is 6.61 Å². The third-order valence-corrected chi connectivity index (χ3v) is 5.36. The summed E-state index contributed by atoms with van der Waals surface area (Å²) in [5.41, 5.74) is 6.18. The molecule has 0 spiro atoms. The molecule has 4 N–H and O–H groups in total. The van der Waals surface area contributed by atoms with Crippen LogP contribution in [0, 0.1) is 0 Å². The van der Waals surface area contributed by atoms with E-state index in [1.54, 1.807) is 24.7 Å². The van der Waals surface area contributed by atoms with Gasteiger partial charge in [0.1, 0.15) is 29.4 Å². The number of aromatic amines is 1. The van der Waals surface area contributed by atoms with Crippen LogP contribution in [0.15, 0.2) is 29.6 Å². The first-order valence-electron chi connectivity index (χ1n) is 7.16. The van der Waals surface area contributed by atoms with Gasteiger partial charge in [0.2, 0.25) is 0 Å². The topological polar surface area (TPSA) is 106 Å². The van der Waals surface area contributed by atoms with E-state index >= 15 is 0 Å². The van der Waals surface area contributed by atoms with Crippen molar-refractivity contribution in [3.63, 3.8) is 0 Å². The molecule has 0 saturated carbocycles. The Labute approximate surface area is 141 Å². The molecule has 5 unspecified atom stereocenters. The van der Waals surface area contributed by atoms with Crippen molar-refractivity contribution >= 4 is 23.4 Å². The molecule has 2 aromatic rings. The molecule has 0 aromatic carbocycles. The lowest BCUT2D eigenvalue weighted by atomic mass is 9.94. The van der Waals surface area contributed by atoms with Crippen molar-refractivity contribution in [3.8, 4) is 11.5 Å². The van der Waals surface area contributed by atoms with Crippen LogP contribution < -0.4 is 5.73 Å². The Balaban J connectivity index is 1.62. The van der Waals surface area contributed by atoms with Crippen LogP contribution in [0.25, 0.3) is 11.5 Å². The van der Waals surface area contributed by atoms with Crippen molar-refractivity contribution in [2.45, 2.75) is 34.7 Å². The fourth-order valence-electron chi connectivity index (χ4n) is 2.70. The molecule has 122 valence electrons. The maximum Gasteiger partial charge on any atom is 0.157 e. The van der Waals surface area contributed by atoms with Gasteiger partial charge in [0.05, 0.1) is 17.7 Å². The van der Waals surface area contributed by atoms with Crippen LogP contribution in [-0.2, 0) is 9.47 Å². The van der Waals surface area contributed by atoms with Gasteiger partial charge in [-0.1, -0.05) is 23.4 Å². The molecule has 0 radical (unpaired) electrons. The molecule has 2 aliphatic rings.